The van der Waals surface area contributed by atoms with Gasteiger partial charge < -0.3 is 20.3 Å². The summed E-state index contributed by atoms with van der Waals surface area (Å²) in [4.78, 5) is 9.67. The molecule has 2 aliphatic rings. The summed E-state index contributed by atoms with van der Waals surface area (Å²) in [7, 11) is 2.21. The standard InChI is InChI=1S/C16H33N5O.HI/c1-4-17-16(19-13-15-6-5-7-20(15)3)18-12-14(2)21-8-10-22-11-9-21;/h14-15H,4-13H2,1-3H3,(H2,17,18,19);1H. The van der Waals surface area contributed by atoms with Gasteiger partial charge in [0.15, 0.2) is 5.96 Å². The molecule has 2 unspecified atom stereocenters. The maximum absolute atomic E-state index is 5.41. The fraction of sp³-hybridized carbons (Fsp3) is 0.938. The summed E-state index contributed by atoms with van der Waals surface area (Å²) in [5.41, 5.74) is 0. The Hall–Kier alpha value is -0.120. The van der Waals surface area contributed by atoms with Crippen LogP contribution in [0.5, 0.6) is 0 Å². The Kier molecular flexibility index (Phi) is 10.4. The van der Waals surface area contributed by atoms with E-state index in [1.165, 1.54) is 19.4 Å². The third-order valence-electron chi connectivity index (χ3n) is 4.70. The number of aliphatic imine (C=N–C) groups is 1. The van der Waals surface area contributed by atoms with Gasteiger partial charge in [-0.1, -0.05) is 0 Å². The number of halogens is 1. The van der Waals surface area contributed by atoms with E-state index in [2.05, 4.69) is 41.3 Å². The van der Waals surface area contributed by atoms with E-state index in [1.807, 2.05) is 0 Å². The Labute approximate surface area is 158 Å². The first-order valence-corrected chi connectivity index (χ1v) is 8.75. The highest BCUT2D eigenvalue weighted by Crippen LogP contribution is 2.13. The van der Waals surface area contributed by atoms with Crippen molar-refractivity contribution in [3.05, 3.63) is 0 Å². The van der Waals surface area contributed by atoms with Gasteiger partial charge >= 0.3 is 0 Å². The van der Waals surface area contributed by atoms with E-state index in [0.717, 1.165) is 51.9 Å². The molecular weight excluding hydrogens is 405 g/mol. The molecule has 0 radical (unpaired) electrons. The van der Waals surface area contributed by atoms with Crippen molar-refractivity contribution in [2.24, 2.45) is 4.99 Å². The number of morpholine rings is 1. The van der Waals surface area contributed by atoms with Crippen LogP contribution < -0.4 is 10.6 Å². The van der Waals surface area contributed by atoms with Crippen molar-refractivity contribution in [3.8, 4) is 0 Å². The second kappa shape index (κ2) is 11.4. The van der Waals surface area contributed by atoms with Gasteiger partial charge in [-0.25, -0.2) is 0 Å². The van der Waals surface area contributed by atoms with Crippen LogP contribution in [-0.4, -0.2) is 87.4 Å². The summed E-state index contributed by atoms with van der Waals surface area (Å²) in [5, 5.41) is 6.86. The lowest BCUT2D eigenvalue weighted by atomic mass is 10.2. The van der Waals surface area contributed by atoms with Crippen LogP contribution >= 0.6 is 24.0 Å². The number of likely N-dealkylation sites (tertiary alicyclic amines) is 1. The quantitative estimate of drug-likeness (QED) is 0.367. The molecule has 0 amide bonds. The van der Waals surface area contributed by atoms with Crippen LogP contribution in [0.15, 0.2) is 4.99 Å². The molecule has 0 saturated carbocycles. The number of ether oxygens (including phenoxy) is 1. The molecule has 2 fully saturated rings. The van der Waals surface area contributed by atoms with Crippen LogP contribution in [0.25, 0.3) is 0 Å². The smallest absolute Gasteiger partial charge is 0.191 e. The Morgan fingerprint density at radius 1 is 1.26 bits per heavy atom. The predicted molar refractivity (Wildman–Crippen MR) is 107 cm³/mol. The second-order valence-corrected chi connectivity index (χ2v) is 6.37. The average Bonchev–Trinajstić information content (AvgIpc) is 2.96. The maximum Gasteiger partial charge on any atom is 0.191 e. The minimum Gasteiger partial charge on any atom is -0.379 e. The van der Waals surface area contributed by atoms with Crippen molar-refractivity contribution in [1.29, 1.82) is 0 Å². The maximum atomic E-state index is 5.41. The molecule has 23 heavy (non-hydrogen) atoms. The van der Waals surface area contributed by atoms with Crippen molar-refractivity contribution >= 4 is 29.9 Å². The molecule has 0 aliphatic carbocycles. The van der Waals surface area contributed by atoms with Crippen LogP contribution in [-0.2, 0) is 4.74 Å². The molecule has 0 aromatic carbocycles. The SMILES string of the molecule is CCNC(=NCC(C)N1CCOCC1)NCC1CCCN1C.I. The summed E-state index contributed by atoms with van der Waals surface area (Å²) in [5.74, 6) is 0.947. The Balaban J connectivity index is 0.00000264. The van der Waals surface area contributed by atoms with Crippen LogP contribution in [0.4, 0.5) is 0 Å². The summed E-state index contributed by atoms with van der Waals surface area (Å²) < 4.78 is 5.41. The fourth-order valence-corrected chi connectivity index (χ4v) is 3.15. The molecule has 2 heterocycles. The van der Waals surface area contributed by atoms with Crippen molar-refractivity contribution in [2.75, 3.05) is 59.5 Å². The summed E-state index contributed by atoms with van der Waals surface area (Å²) in [6, 6.07) is 1.11. The van der Waals surface area contributed by atoms with Gasteiger partial charge in [-0.15, -0.1) is 24.0 Å². The number of hydrogen-bond acceptors (Lipinski definition) is 4. The number of nitrogens with one attached hydrogen (secondary N) is 2. The Morgan fingerprint density at radius 2 is 2.00 bits per heavy atom. The highest BCUT2D eigenvalue weighted by molar-refractivity contribution is 14.0. The monoisotopic (exact) mass is 439 g/mol. The van der Waals surface area contributed by atoms with E-state index in [-0.39, 0.29) is 24.0 Å². The van der Waals surface area contributed by atoms with E-state index >= 15 is 0 Å². The molecule has 0 aromatic rings. The lowest BCUT2D eigenvalue weighted by molar-refractivity contribution is 0.0220. The molecule has 0 spiro atoms. The van der Waals surface area contributed by atoms with E-state index in [1.54, 1.807) is 0 Å². The zero-order valence-electron chi connectivity index (χ0n) is 14.9. The van der Waals surface area contributed by atoms with Crippen LogP contribution in [0, 0.1) is 0 Å². The van der Waals surface area contributed by atoms with Crippen molar-refractivity contribution in [3.63, 3.8) is 0 Å². The van der Waals surface area contributed by atoms with E-state index in [9.17, 15) is 0 Å². The van der Waals surface area contributed by atoms with Gasteiger partial charge in [0.05, 0.1) is 19.8 Å². The number of rotatable bonds is 6. The first-order valence-electron chi connectivity index (χ1n) is 8.75. The zero-order chi connectivity index (χ0) is 15.8. The molecule has 136 valence electrons. The van der Waals surface area contributed by atoms with Crippen LogP contribution in [0.3, 0.4) is 0 Å². The molecule has 6 nitrogen and oxygen atoms in total. The lowest BCUT2D eigenvalue weighted by Crippen LogP contribution is -2.46. The molecule has 7 heteroatoms. The Morgan fingerprint density at radius 3 is 2.61 bits per heavy atom. The minimum atomic E-state index is 0. The topological polar surface area (TPSA) is 52.1 Å². The molecule has 2 aliphatic heterocycles. The van der Waals surface area contributed by atoms with E-state index in [0.29, 0.717) is 12.1 Å². The van der Waals surface area contributed by atoms with Gasteiger partial charge in [-0.2, -0.15) is 0 Å². The molecule has 2 atom stereocenters. The van der Waals surface area contributed by atoms with Gasteiger partial charge in [0.2, 0.25) is 0 Å². The first-order chi connectivity index (χ1) is 10.7. The van der Waals surface area contributed by atoms with Gasteiger partial charge in [-0.3, -0.25) is 9.89 Å². The summed E-state index contributed by atoms with van der Waals surface area (Å²) in [6.45, 7) is 12.0. The average molecular weight is 439 g/mol. The van der Waals surface area contributed by atoms with Gasteiger partial charge in [0, 0.05) is 38.3 Å². The fourth-order valence-electron chi connectivity index (χ4n) is 3.15. The highest BCUT2D eigenvalue weighted by atomic mass is 127. The van der Waals surface area contributed by atoms with Gasteiger partial charge in [0.25, 0.3) is 0 Å². The third kappa shape index (κ3) is 7.11. The van der Waals surface area contributed by atoms with Crippen molar-refractivity contribution < 1.29 is 4.74 Å². The number of nitrogens with zero attached hydrogens (tertiary/aromatic N) is 3. The number of guanidine groups is 1. The molecule has 0 bridgehead atoms. The molecular formula is C16H34IN5O. The third-order valence-corrected chi connectivity index (χ3v) is 4.70. The molecule has 2 N–H and O–H groups in total. The highest BCUT2D eigenvalue weighted by Gasteiger charge is 2.21. The molecule has 2 saturated heterocycles. The number of hydrogen-bond donors (Lipinski definition) is 2. The van der Waals surface area contributed by atoms with Crippen LogP contribution in [0.1, 0.15) is 26.7 Å². The van der Waals surface area contributed by atoms with Gasteiger partial charge in [0.1, 0.15) is 0 Å². The predicted octanol–water partition coefficient (Wildman–Crippen LogP) is 0.974. The lowest BCUT2D eigenvalue weighted by Gasteiger charge is -2.31. The summed E-state index contributed by atoms with van der Waals surface area (Å²) >= 11 is 0. The molecule has 0 aromatic heterocycles. The van der Waals surface area contributed by atoms with E-state index < -0.39 is 0 Å². The minimum absolute atomic E-state index is 0. The Bertz CT molecular complexity index is 349. The summed E-state index contributed by atoms with van der Waals surface area (Å²) in [6.07, 6.45) is 2.59. The van der Waals surface area contributed by atoms with Gasteiger partial charge in [-0.05, 0) is 40.3 Å². The normalized spacial score (nSPS) is 25.0. The van der Waals surface area contributed by atoms with E-state index in [4.69, 9.17) is 9.73 Å². The second-order valence-electron chi connectivity index (χ2n) is 6.37. The van der Waals surface area contributed by atoms with Crippen molar-refractivity contribution in [2.45, 2.75) is 38.8 Å². The van der Waals surface area contributed by atoms with Crippen LogP contribution in [0.2, 0.25) is 0 Å². The first kappa shape index (κ1) is 20.9. The largest absolute Gasteiger partial charge is 0.379 e. The molecule has 2 rings (SSSR count). The number of likely N-dealkylation sites (N-methyl/N-ethyl adjacent to an activating group) is 1. The van der Waals surface area contributed by atoms with Crippen molar-refractivity contribution in [1.82, 2.24) is 20.4 Å². The zero-order valence-corrected chi connectivity index (χ0v) is 17.2.